The highest BCUT2D eigenvalue weighted by Gasteiger charge is 2.38. The number of nitrogens with one attached hydrogen (secondary N) is 1. The minimum atomic E-state index is 0.374. The molecule has 82 valence electrons. The van der Waals surface area contributed by atoms with Crippen molar-refractivity contribution in [3.05, 3.63) is 0 Å². The Labute approximate surface area is 87.1 Å². The Morgan fingerprint density at radius 2 is 1.93 bits per heavy atom. The minimum Gasteiger partial charge on any atom is -0.396 e. The van der Waals surface area contributed by atoms with Gasteiger partial charge in [-0.3, -0.25) is 0 Å². The molecule has 2 nitrogen and oxygen atoms in total. The van der Waals surface area contributed by atoms with Gasteiger partial charge in [-0.1, -0.05) is 26.2 Å². The van der Waals surface area contributed by atoms with Crippen LogP contribution in [0.15, 0.2) is 0 Å². The fourth-order valence-electron chi connectivity index (χ4n) is 2.67. The average Bonchev–Trinajstić information content (AvgIpc) is 2.94. The van der Waals surface area contributed by atoms with Crippen molar-refractivity contribution < 1.29 is 5.11 Å². The zero-order chi connectivity index (χ0) is 9.97. The first-order chi connectivity index (χ1) is 6.81. The Kier molecular flexibility index (Phi) is 3.45. The van der Waals surface area contributed by atoms with E-state index in [2.05, 4.69) is 12.2 Å². The molecule has 14 heavy (non-hydrogen) atoms. The van der Waals surface area contributed by atoms with Gasteiger partial charge in [0.05, 0.1) is 0 Å². The van der Waals surface area contributed by atoms with E-state index in [0.29, 0.717) is 18.6 Å². The Morgan fingerprint density at radius 1 is 1.14 bits per heavy atom. The van der Waals surface area contributed by atoms with E-state index >= 15 is 0 Å². The van der Waals surface area contributed by atoms with E-state index in [1.165, 1.54) is 38.5 Å². The SMILES string of the molecule is CC1CCCCCC1NC1CC1CO. The Morgan fingerprint density at radius 3 is 2.64 bits per heavy atom. The summed E-state index contributed by atoms with van der Waals surface area (Å²) in [6.45, 7) is 2.75. The van der Waals surface area contributed by atoms with Gasteiger partial charge in [0, 0.05) is 18.7 Å². The van der Waals surface area contributed by atoms with Crippen LogP contribution in [0.1, 0.15) is 45.4 Å². The van der Waals surface area contributed by atoms with Gasteiger partial charge in [0.1, 0.15) is 0 Å². The summed E-state index contributed by atoms with van der Waals surface area (Å²) in [4.78, 5) is 0. The predicted molar refractivity (Wildman–Crippen MR) is 58.2 cm³/mol. The summed E-state index contributed by atoms with van der Waals surface area (Å²) in [6.07, 6.45) is 8.13. The quantitative estimate of drug-likeness (QED) is 0.678. The lowest BCUT2D eigenvalue weighted by Crippen LogP contribution is -2.36. The molecule has 2 aliphatic rings. The second-order valence-corrected chi connectivity index (χ2v) is 5.17. The second-order valence-electron chi connectivity index (χ2n) is 5.17. The molecule has 2 fully saturated rings. The normalized spacial score (nSPS) is 43.3. The molecule has 0 amide bonds. The first-order valence-electron chi connectivity index (χ1n) is 6.18. The van der Waals surface area contributed by atoms with Crippen molar-refractivity contribution in [1.82, 2.24) is 5.32 Å². The van der Waals surface area contributed by atoms with Crippen molar-refractivity contribution >= 4 is 0 Å². The van der Waals surface area contributed by atoms with Crippen molar-refractivity contribution in [1.29, 1.82) is 0 Å². The van der Waals surface area contributed by atoms with Gasteiger partial charge in [-0.25, -0.2) is 0 Å². The smallest absolute Gasteiger partial charge is 0.0474 e. The van der Waals surface area contributed by atoms with E-state index < -0.39 is 0 Å². The molecule has 0 saturated heterocycles. The van der Waals surface area contributed by atoms with Crippen LogP contribution in [-0.2, 0) is 0 Å². The van der Waals surface area contributed by atoms with Gasteiger partial charge in [-0.05, 0) is 31.1 Å². The molecule has 4 atom stereocenters. The summed E-state index contributed by atoms with van der Waals surface area (Å²) in [5, 5.41) is 12.7. The molecule has 0 radical (unpaired) electrons. The van der Waals surface area contributed by atoms with Crippen LogP contribution in [0, 0.1) is 11.8 Å². The summed E-state index contributed by atoms with van der Waals surface area (Å²) in [5.41, 5.74) is 0. The number of aliphatic hydroxyl groups excluding tert-OH is 1. The highest BCUT2D eigenvalue weighted by atomic mass is 16.3. The van der Waals surface area contributed by atoms with E-state index in [1.54, 1.807) is 0 Å². The summed E-state index contributed by atoms with van der Waals surface area (Å²) in [6, 6.07) is 1.35. The second kappa shape index (κ2) is 4.63. The van der Waals surface area contributed by atoms with E-state index in [9.17, 15) is 0 Å². The summed E-state index contributed by atoms with van der Waals surface area (Å²) < 4.78 is 0. The third-order valence-corrected chi connectivity index (χ3v) is 3.95. The molecule has 2 rings (SSSR count). The third kappa shape index (κ3) is 2.48. The Bertz CT molecular complexity index is 183. The number of hydrogen-bond donors (Lipinski definition) is 2. The lowest BCUT2D eigenvalue weighted by molar-refractivity contribution is 0.263. The minimum absolute atomic E-state index is 0.374. The summed E-state index contributed by atoms with van der Waals surface area (Å²) in [7, 11) is 0. The molecule has 0 spiro atoms. The van der Waals surface area contributed by atoms with Crippen LogP contribution in [0.2, 0.25) is 0 Å². The molecule has 4 unspecified atom stereocenters. The molecule has 0 aromatic rings. The molecule has 0 aromatic carbocycles. The Balaban J connectivity index is 1.77. The molecule has 0 aliphatic heterocycles. The van der Waals surface area contributed by atoms with E-state index in [4.69, 9.17) is 5.11 Å². The molecule has 0 aromatic heterocycles. The number of rotatable bonds is 3. The fraction of sp³-hybridized carbons (Fsp3) is 1.00. The van der Waals surface area contributed by atoms with Gasteiger partial charge in [0.15, 0.2) is 0 Å². The molecule has 2 aliphatic carbocycles. The zero-order valence-electron chi connectivity index (χ0n) is 9.21. The maximum atomic E-state index is 8.99. The lowest BCUT2D eigenvalue weighted by atomic mass is 9.97. The molecule has 0 bridgehead atoms. The molecule has 2 heteroatoms. The summed E-state index contributed by atoms with van der Waals surface area (Å²) >= 11 is 0. The topological polar surface area (TPSA) is 32.3 Å². The number of aliphatic hydroxyl groups is 1. The van der Waals surface area contributed by atoms with Crippen molar-refractivity contribution in [3.8, 4) is 0 Å². The van der Waals surface area contributed by atoms with Gasteiger partial charge >= 0.3 is 0 Å². The van der Waals surface area contributed by atoms with Gasteiger partial charge in [0.2, 0.25) is 0 Å². The van der Waals surface area contributed by atoms with E-state index in [0.717, 1.165) is 12.0 Å². The van der Waals surface area contributed by atoms with Gasteiger partial charge in [0.25, 0.3) is 0 Å². The van der Waals surface area contributed by atoms with Crippen molar-refractivity contribution in [2.75, 3.05) is 6.61 Å². The van der Waals surface area contributed by atoms with E-state index in [-0.39, 0.29) is 0 Å². The van der Waals surface area contributed by atoms with Crippen molar-refractivity contribution in [2.24, 2.45) is 11.8 Å². The van der Waals surface area contributed by atoms with Crippen molar-refractivity contribution in [3.63, 3.8) is 0 Å². The highest BCUT2D eigenvalue weighted by Crippen LogP contribution is 2.32. The summed E-state index contributed by atoms with van der Waals surface area (Å²) in [5.74, 6) is 1.39. The van der Waals surface area contributed by atoms with Crippen LogP contribution in [0.3, 0.4) is 0 Å². The number of hydrogen-bond acceptors (Lipinski definition) is 2. The van der Waals surface area contributed by atoms with Gasteiger partial charge in [-0.15, -0.1) is 0 Å². The third-order valence-electron chi connectivity index (χ3n) is 3.95. The first-order valence-corrected chi connectivity index (χ1v) is 6.18. The van der Waals surface area contributed by atoms with Crippen LogP contribution >= 0.6 is 0 Å². The van der Waals surface area contributed by atoms with Crippen LogP contribution in [0.25, 0.3) is 0 Å². The predicted octanol–water partition coefficient (Wildman–Crippen LogP) is 1.93. The fourth-order valence-corrected chi connectivity index (χ4v) is 2.67. The van der Waals surface area contributed by atoms with Gasteiger partial charge < -0.3 is 10.4 Å². The lowest BCUT2D eigenvalue weighted by Gasteiger charge is -2.23. The average molecular weight is 197 g/mol. The van der Waals surface area contributed by atoms with Crippen LogP contribution in [0.5, 0.6) is 0 Å². The monoisotopic (exact) mass is 197 g/mol. The molecule has 2 saturated carbocycles. The standard InChI is InChI=1S/C12H23NO/c1-9-5-3-2-4-6-11(9)13-12-7-10(12)8-14/h9-14H,2-8H2,1H3. The largest absolute Gasteiger partial charge is 0.396 e. The maximum Gasteiger partial charge on any atom is 0.0474 e. The molecular formula is C12H23NO. The zero-order valence-corrected chi connectivity index (χ0v) is 9.21. The van der Waals surface area contributed by atoms with Crippen molar-refractivity contribution in [2.45, 2.75) is 57.5 Å². The molecular weight excluding hydrogens is 174 g/mol. The van der Waals surface area contributed by atoms with E-state index in [1.807, 2.05) is 0 Å². The van der Waals surface area contributed by atoms with Crippen LogP contribution in [-0.4, -0.2) is 23.8 Å². The van der Waals surface area contributed by atoms with Gasteiger partial charge in [-0.2, -0.15) is 0 Å². The molecule has 0 heterocycles. The molecule has 2 N–H and O–H groups in total. The maximum absolute atomic E-state index is 8.99. The van der Waals surface area contributed by atoms with Crippen LogP contribution < -0.4 is 5.32 Å². The van der Waals surface area contributed by atoms with Crippen LogP contribution in [0.4, 0.5) is 0 Å². The highest BCUT2D eigenvalue weighted by molar-refractivity contribution is 4.95. The first kappa shape index (κ1) is 10.4. The Hall–Kier alpha value is -0.0800.